The number of nitrogens with zero attached hydrogens (tertiary/aromatic N) is 6. The highest BCUT2D eigenvalue weighted by Crippen LogP contribution is 2.30. The van der Waals surface area contributed by atoms with Crippen molar-refractivity contribution in [2.75, 3.05) is 11.1 Å². The molecule has 0 saturated carbocycles. The summed E-state index contributed by atoms with van der Waals surface area (Å²) in [5.74, 6) is 0.586. The van der Waals surface area contributed by atoms with Crippen molar-refractivity contribution in [2.45, 2.75) is 13.0 Å². The van der Waals surface area contributed by atoms with Crippen molar-refractivity contribution >= 4 is 34.3 Å². The Morgan fingerprint density at radius 1 is 1.14 bits per heavy atom. The molecule has 35 heavy (non-hydrogen) atoms. The van der Waals surface area contributed by atoms with E-state index in [0.29, 0.717) is 27.7 Å². The van der Waals surface area contributed by atoms with E-state index in [4.69, 9.17) is 22.3 Å². The second-order valence-corrected chi connectivity index (χ2v) is 8.10. The van der Waals surface area contributed by atoms with Crippen molar-refractivity contribution in [3.63, 3.8) is 0 Å². The summed E-state index contributed by atoms with van der Waals surface area (Å²) in [4.78, 5) is 27.0. The minimum atomic E-state index is -0.706. The number of aromatic amines is 1. The first-order valence-corrected chi connectivity index (χ1v) is 10.9. The number of hydrogen-bond acceptors (Lipinski definition) is 8. The Labute approximate surface area is 204 Å². The summed E-state index contributed by atoms with van der Waals surface area (Å²) in [5, 5.41) is 20.4. The fourth-order valence-electron chi connectivity index (χ4n) is 3.93. The summed E-state index contributed by atoms with van der Waals surface area (Å²) in [6.45, 7) is 1.68. The lowest BCUT2D eigenvalue weighted by molar-refractivity contribution is 0.760. The third kappa shape index (κ3) is 3.94. The standard InChI is InChI=1S/C24H18ClN9O/c1-13-16(10-26)21(33-24(27)30-13)32-20(14-6-3-2-4-7-14)22-31-18-9-5-8-17(25)19(18)23(35)34(22)15-11-28-29-12-15/h2-9,11-12,20H,1H3,(H,28,29)(H3,27,30,32,33). The topological polar surface area (TPSA) is 151 Å². The van der Waals surface area contributed by atoms with Gasteiger partial charge in [-0.1, -0.05) is 48.0 Å². The van der Waals surface area contributed by atoms with E-state index in [2.05, 4.69) is 31.6 Å². The second kappa shape index (κ2) is 8.89. The Balaban J connectivity index is 1.83. The number of rotatable bonds is 5. The zero-order valence-electron chi connectivity index (χ0n) is 18.4. The van der Waals surface area contributed by atoms with Gasteiger partial charge < -0.3 is 11.1 Å². The molecule has 3 heterocycles. The Morgan fingerprint density at radius 3 is 2.66 bits per heavy atom. The number of aromatic nitrogens is 6. The molecule has 0 spiro atoms. The number of nitriles is 1. The van der Waals surface area contributed by atoms with Gasteiger partial charge in [0, 0.05) is 6.20 Å². The molecular weight excluding hydrogens is 466 g/mol. The van der Waals surface area contributed by atoms with E-state index < -0.39 is 6.04 Å². The van der Waals surface area contributed by atoms with Gasteiger partial charge in [0.15, 0.2) is 5.82 Å². The quantitative estimate of drug-likeness (QED) is 0.343. The molecule has 0 saturated heterocycles. The predicted molar refractivity (Wildman–Crippen MR) is 132 cm³/mol. The number of fused-ring (bicyclic) bond motifs is 1. The van der Waals surface area contributed by atoms with Crippen LogP contribution >= 0.6 is 11.6 Å². The van der Waals surface area contributed by atoms with Gasteiger partial charge in [0.05, 0.1) is 33.5 Å². The third-order valence-corrected chi connectivity index (χ3v) is 5.82. The summed E-state index contributed by atoms with van der Waals surface area (Å²) in [7, 11) is 0. The lowest BCUT2D eigenvalue weighted by atomic mass is 10.0. The minimum Gasteiger partial charge on any atom is -0.368 e. The lowest BCUT2D eigenvalue weighted by Crippen LogP contribution is -2.29. The van der Waals surface area contributed by atoms with Crippen LogP contribution in [0.3, 0.4) is 0 Å². The number of anilines is 2. The van der Waals surface area contributed by atoms with Crippen molar-refractivity contribution in [1.29, 1.82) is 5.26 Å². The van der Waals surface area contributed by atoms with Gasteiger partial charge in [0.25, 0.3) is 5.56 Å². The number of nitrogens with one attached hydrogen (secondary N) is 2. The number of hydrogen-bond donors (Lipinski definition) is 3. The maximum Gasteiger partial charge on any atom is 0.267 e. The molecule has 10 nitrogen and oxygen atoms in total. The molecule has 0 radical (unpaired) electrons. The van der Waals surface area contributed by atoms with Crippen molar-refractivity contribution in [3.05, 3.63) is 98.9 Å². The summed E-state index contributed by atoms with van der Waals surface area (Å²) in [6, 6.07) is 15.9. The first kappa shape index (κ1) is 22.1. The highest BCUT2D eigenvalue weighted by Gasteiger charge is 2.26. The van der Waals surface area contributed by atoms with Gasteiger partial charge in [-0.25, -0.2) is 9.97 Å². The van der Waals surface area contributed by atoms with Gasteiger partial charge in [-0.05, 0) is 24.6 Å². The molecule has 5 rings (SSSR count). The number of nitrogen functional groups attached to an aromatic ring is 1. The van der Waals surface area contributed by atoms with Crippen molar-refractivity contribution in [2.24, 2.45) is 0 Å². The highest BCUT2D eigenvalue weighted by atomic mass is 35.5. The Hall–Kier alpha value is -4.75. The van der Waals surface area contributed by atoms with E-state index in [-0.39, 0.29) is 28.3 Å². The van der Waals surface area contributed by atoms with Crippen molar-refractivity contribution in [3.8, 4) is 11.8 Å². The van der Waals surface area contributed by atoms with E-state index in [1.54, 1.807) is 31.3 Å². The highest BCUT2D eigenvalue weighted by molar-refractivity contribution is 6.35. The van der Waals surface area contributed by atoms with Gasteiger partial charge in [0.2, 0.25) is 5.95 Å². The van der Waals surface area contributed by atoms with Crippen molar-refractivity contribution < 1.29 is 0 Å². The zero-order valence-corrected chi connectivity index (χ0v) is 19.2. The molecule has 1 unspecified atom stereocenters. The van der Waals surface area contributed by atoms with Crippen LogP contribution in [-0.2, 0) is 0 Å². The van der Waals surface area contributed by atoms with Crippen LogP contribution in [-0.4, -0.2) is 29.7 Å². The molecule has 11 heteroatoms. The molecule has 5 aromatic rings. The van der Waals surface area contributed by atoms with Crippen LogP contribution in [0.5, 0.6) is 0 Å². The van der Waals surface area contributed by atoms with Gasteiger partial charge in [0.1, 0.15) is 23.5 Å². The zero-order chi connectivity index (χ0) is 24.5. The fourth-order valence-corrected chi connectivity index (χ4v) is 4.18. The molecule has 172 valence electrons. The van der Waals surface area contributed by atoms with Crippen LogP contribution in [0.1, 0.15) is 28.7 Å². The van der Waals surface area contributed by atoms with Gasteiger partial charge in [-0.2, -0.15) is 15.3 Å². The van der Waals surface area contributed by atoms with Crippen LogP contribution < -0.4 is 16.6 Å². The van der Waals surface area contributed by atoms with Crippen molar-refractivity contribution in [1.82, 2.24) is 29.7 Å². The van der Waals surface area contributed by atoms with Gasteiger partial charge >= 0.3 is 0 Å². The number of aryl methyl sites for hydroxylation is 1. The summed E-state index contributed by atoms with van der Waals surface area (Å²) in [6.07, 6.45) is 3.11. The first-order chi connectivity index (χ1) is 17.0. The smallest absolute Gasteiger partial charge is 0.267 e. The van der Waals surface area contributed by atoms with E-state index in [1.807, 2.05) is 30.3 Å². The number of halogens is 1. The maximum absolute atomic E-state index is 13.8. The molecule has 0 aliphatic rings. The largest absolute Gasteiger partial charge is 0.368 e. The van der Waals surface area contributed by atoms with E-state index >= 15 is 0 Å². The first-order valence-electron chi connectivity index (χ1n) is 10.5. The average Bonchev–Trinajstić information content (AvgIpc) is 3.37. The summed E-state index contributed by atoms with van der Waals surface area (Å²) in [5.41, 5.74) is 7.87. The predicted octanol–water partition coefficient (Wildman–Crippen LogP) is 3.52. The SMILES string of the molecule is Cc1nc(N)nc(NC(c2ccccc2)c2nc3cccc(Cl)c3c(=O)n2-c2cn[nH]c2)c1C#N. The van der Waals surface area contributed by atoms with E-state index in [1.165, 1.54) is 10.8 Å². The minimum absolute atomic E-state index is 0.0151. The van der Waals surface area contributed by atoms with E-state index in [0.717, 1.165) is 5.56 Å². The van der Waals surface area contributed by atoms with Crippen LogP contribution in [0.15, 0.2) is 65.7 Å². The number of nitrogens with two attached hydrogens (primary N) is 1. The summed E-state index contributed by atoms with van der Waals surface area (Å²) >= 11 is 6.39. The molecule has 1 atom stereocenters. The van der Waals surface area contributed by atoms with Crippen LogP contribution in [0.2, 0.25) is 5.02 Å². The Morgan fingerprint density at radius 2 is 1.94 bits per heavy atom. The Kier molecular flexibility index (Phi) is 5.60. The molecule has 0 bridgehead atoms. The normalized spacial score (nSPS) is 11.8. The summed E-state index contributed by atoms with van der Waals surface area (Å²) < 4.78 is 1.44. The van der Waals surface area contributed by atoms with Crippen LogP contribution in [0.25, 0.3) is 16.6 Å². The van der Waals surface area contributed by atoms with E-state index in [9.17, 15) is 10.1 Å². The lowest BCUT2D eigenvalue weighted by Gasteiger charge is -2.24. The molecule has 2 aromatic carbocycles. The molecule has 0 aliphatic carbocycles. The van der Waals surface area contributed by atoms with Crippen LogP contribution in [0.4, 0.5) is 11.8 Å². The molecule has 3 aromatic heterocycles. The monoisotopic (exact) mass is 483 g/mol. The average molecular weight is 484 g/mol. The fraction of sp³-hybridized carbons (Fsp3) is 0.0833. The third-order valence-electron chi connectivity index (χ3n) is 5.51. The number of benzene rings is 2. The molecule has 0 amide bonds. The second-order valence-electron chi connectivity index (χ2n) is 7.69. The molecule has 0 aliphatic heterocycles. The molecular formula is C24H18ClN9O. The molecule has 4 N–H and O–H groups in total. The number of H-pyrrole nitrogens is 1. The van der Waals surface area contributed by atoms with Gasteiger partial charge in [-0.15, -0.1) is 0 Å². The Bertz CT molecular complexity index is 1640. The molecule has 0 fully saturated rings. The maximum atomic E-state index is 13.8. The van der Waals surface area contributed by atoms with Crippen LogP contribution in [0, 0.1) is 18.3 Å². The van der Waals surface area contributed by atoms with Gasteiger partial charge in [-0.3, -0.25) is 14.5 Å².